The van der Waals surface area contributed by atoms with Gasteiger partial charge in [0.1, 0.15) is 17.9 Å². The summed E-state index contributed by atoms with van der Waals surface area (Å²) in [7, 11) is 1.65. The van der Waals surface area contributed by atoms with Gasteiger partial charge >= 0.3 is 0 Å². The molecule has 2 aromatic heterocycles. The zero-order valence-electron chi connectivity index (χ0n) is 13.8. The molecule has 2 aromatic carbocycles. The first-order valence-corrected chi connectivity index (χ1v) is 7.91. The molecule has 0 aliphatic carbocycles. The summed E-state index contributed by atoms with van der Waals surface area (Å²) in [6.45, 7) is 0.648. The predicted octanol–water partition coefficient (Wildman–Crippen LogP) is 3.13. The van der Waals surface area contributed by atoms with E-state index < -0.39 is 0 Å². The van der Waals surface area contributed by atoms with Gasteiger partial charge in [0.15, 0.2) is 17.0 Å². The Bertz CT molecular complexity index is 1010. The summed E-state index contributed by atoms with van der Waals surface area (Å²) >= 11 is 0. The highest BCUT2D eigenvalue weighted by atomic mass is 16.5. The molecule has 0 fully saturated rings. The normalized spacial score (nSPS) is 10.9. The second-order valence-corrected chi connectivity index (χ2v) is 5.67. The molecule has 6 heteroatoms. The van der Waals surface area contributed by atoms with Crippen LogP contribution in [0.4, 0.5) is 5.82 Å². The Hall–Kier alpha value is -3.41. The first-order valence-electron chi connectivity index (χ1n) is 7.91. The molecule has 4 aromatic rings. The van der Waals surface area contributed by atoms with E-state index in [1.807, 2.05) is 42.5 Å². The fourth-order valence-electron chi connectivity index (χ4n) is 2.83. The topological polar surface area (TPSA) is 78.8 Å². The lowest BCUT2D eigenvalue weighted by Gasteiger charge is -2.09. The molecule has 2 N–H and O–H groups in total. The summed E-state index contributed by atoms with van der Waals surface area (Å²) in [5.41, 5.74) is 9.48. The van der Waals surface area contributed by atoms with Gasteiger partial charge in [0.25, 0.3) is 0 Å². The molecular weight excluding hydrogens is 314 g/mol. The van der Waals surface area contributed by atoms with E-state index in [1.165, 1.54) is 6.33 Å². The molecule has 0 aliphatic rings. The lowest BCUT2D eigenvalue weighted by atomic mass is 10.2. The molecule has 0 radical (unpaired) electrons. The summed E-state index contributed by atoms with van der Waals surface area (Å²) in [5, 5.41) is 0. The zero-order chi connectivity index (χ0) is 17.2. The van der Waals surface area contributed by atoms with Crippen LogP contribution >= 0.6 is 0 Å². The largest absolute Gasteiger partial charge is 0.497 e. The van der Waals surface area contributed by atoms with Gasteiger partial charge in [0, 0.05) is 5.56 Å². The minimum Gasteiger partial charge on any atom is -0.497 e. The third-order valence-corrected chi connectivity index (χ3v) is 4.09. The van der Waals surface area contributed by atoms with Gasteiger partial charge in [0.2, 0.25) is 0 Å². The van der Waals surface area contributed by atoms with Crippen molar-refractivity contribution < 1.29 is 4.74 Å². The van der Waals surface area contributed by atoms with Crippen LogP contribution in [0.3, 0.4) is 0 Å². The average Bonchev–Trinajstić information content (AvgIpc) is 3.03. The Balaban J connectivity index is 1.89. The third kappa shape index (κ3) is 2.78. The average molecular weight is 331 g/mol. The SMILES string of the molecule is COc1ccc(-c2nc3c(N)ncnc3n2Cc2ccccc2)cc1. The van der Waals surface area contributed by atoms with Crippen molar-refractivity contribution in [2.75, 3.05) is 12.8 Å². The minimum absolute atomic E-state index is 0.381. The number of imidazole rings is 1. The molecule has 0 bridgehead atoms. The van der Waals surface area contributed by atoms with Crippen molar-refractivity contribution in [3.8, 4) is 17.1 Å². The highest BCUT2D eigenvalue weighted by Crippen LogP contribution is 2.28. The fourth-order valence-corrected chi connectivity index (χ4v) is 2.83. The summed E-state index contributed by atoms with van der Waals surface area (Å²) in [6, 6.07) is 18.0. The Kier molecular flexibility index (Phi) is 3.78. The summed E-state index contributed by atoms with van der Waals surface area (Å²) in [6.07, 6.45) is 1.47. The molecule has 2 heterocycles. The van der Waals surface area contributed by atoms with E-state index in [-0.39, 0.29) is 0 Å². The number of nitrogens with two attached hydrogens (primary N) is 1. The number of nitrogens with zero attached hydrogens (tertiary/aromatic N) is 4. The van der Waals surface area contributed by atoms with Crippen LogP contribution < -0.4 is 10.5 Å². The summed E-state index contributed by atoms with van der Waals surface area (Å²) in [4.78, 5) is 13.2. The standard InChI is InChI=1S/C19H17N5O/c1-25-15-9-7-14(8-10-15)18-23-16-17(20)21-12-22-19(16)24(18)11-13-5-3-2-4-6-13/h2-10,12H,11H2,1H3,(H2,20,21,22). The van der Waals surface area contributed by atoms with Gasteiger partial charge in [-0.3, -0.25) is 0 Å². The second-order valence-electron chi connectivity index (χ2n) is 5.67. The van der Waals surface area contributed by atoms with Gasteiger partial charge in [-0.2, -0.15) is 0 Å². The smallest absolute Gasteiger partial charge is 0.166 e. The number of ether oxygens (including phenoxy) is 1. The predicted molar refractivity (Wildman–Crippen MR) is 97.3 cm³/mol. The van der Waals surface area contributed by atoms with E-state index in [0.29, 0.717) is 17.9 Å². The Labute approximate surface area is 144 Å². The van der Waals surface area contributed by atoms with E-state index >= 15 is 0 Å². The lowest BCUT2D eigenvalue weighted by Crippen LogP contribution is -2.03. The molecule has 124 valence electrons. The maximum atomic E-state index is 6.01. The molecule has 0 unspecified atom stereocenters. The van der Waals surface area contributed by atoms with E-state index in [4.69, 9.17) is 15.5 Å². The third-order valence-electron chi connectivity index (χ3n) is 4.09. The molecule has 4 rings (SSSR count). The van der Waals surface area contributed by atoms with Crippen molar-refractivity contribution in [2.45, 2.75) is 6.54 Å². The Morgan fingerprint density at radius 1 is 1.00 bits per heavy atom. The van der Waals surface area contributed by atoms with Gasteiger partial charge < -0.3 is 15.0 Å². The van der Waals surface area contributed by atoms with Gasteiger partial charge in [-0.15, -0.1) is 0 Å². The van der Waals surface area contributed by atoms with Crippen LogP contribution in [0.5, 0.6) is 5.75 Å². The quantitative estimate of drug-likeness (QED) is 0.621. The van der Waals surface area contributed by atoms with Crippen LogP contribution in [-0.4, -0.2) is 26.6 Å². The van der Waals surface area contributed by atoms with Crippen LogP contribution in [-0.2, 0) is 6.54 Å². The number of aromatic nitrogens is 4. The number of hydrogen-bond donors (Lipinski definition) is 1. The van der Waals surface area contributed by atoms with Crippen molar-refractivity contribution >= 4 is 17.0 Å². The van der Waals surface area contributed by atoms with E-state index in [9.17, 15) is 0 Å². The maximum absolute atomic E-state index is 6.01. The highest BCUT2D eigenvalue weighted by Gasteiger charge is 2.16. The number of anilines is 1. The second kappa shape index (κ2) is 6.24. The van der Waals surface area contributed by atoms with Crippen molar-refractivity contribution in [2.24, 2.45) is 0 Å². The summed E-state index contributed by atoms with van der Waals surface area (Å²) in [5.74, 6) is 1.98. The first-order chi connectivity index (χ1) is 12.3. The number of nitrogen functional groups attached to an aromatic ring is 1. The Morgan fingerprint density at radius 2 is 1.76 bits per heavy atom. The summed E-state index contributed by atoms with van der Waals surface area (Å²) < 4.78 is 7.30. The molecule has 0 saturated carbocycles. The number of hydrogen-bond acceptors (Lipinski definition) is 5. The van der Waals surface area contributed by atoms with Crippen LogP contribution in [0.15, 0.2) is 60.9 Å². The van der Waals surface area contributed by atoms with Crippen LogP contribution in [0, 0.1) is 0 Å². The van der Waals surface area contributed by atoms with Gasteiger partial charge in [-0.1, -0.05) is 30.3 Å². The van der Waals surface area contributed by atoms with Crippen molar-refractivity contribution in [1.29, 1.82) is 0 Å². The maximum Gasteiger partial charge on any atom is 0.166 e. The number of methoxy groups -OCH3 is 1. The number of rotatable bonds is 4. The number of benzene rings is 2. The van der Waals surface area contributed by atoms with Crippen LogP contribution in [0.2, 0.25) is 0 Å². The van der Waals surface area contributed by atoms with Crippen LogP contribution in [0.25, 0.3) is 22.6 Å². The Morgan fingerprint density at radius 3 is 2.48 bits per heavy atom. The number of fused-ring (bicyclic) bond motifs is 1. The monoisotopic (exact) mass is 331 g/mol. The first kappa shape index (κ1) is 15.1. The van der Waals surface area contributed by atoms with E-state index in [1.54, 1.807) is 7.11 Å². The zero-order valence-corrected chi connectivity index (χ0v) is 13.8. The van der Waals surface area contributed by atoms with Gasteiger partial charge in [-0.25, -0.2) is 15.0 Å². The van der Waals surface area contributed by atoms with Crippen LogP contribution in [0.1, 0.15) is 5.56 Å². The molecule has 0 spiro atoms. The molecule has 6 nitrogen and oxygen atoms in total. The van der Waals surface area contributed by atoms with Crippen molar-refractivity contribution in [3.05, 3.63) is 66.5 Å². The van der Waals surface area contributed by atoms with Crippen molar-refractivity contribution in [1.82, 2.24) is 19.5 Å². The molecule has 0 amide bonds. The lowest BCUT2D eigenvalue weighted by molar-refractivity contribution is 0.415. The molecule has 0 atom stereocenters. The molecular formula is C19H17N5O. The van der Waals surface area contributed by atoms with E-state index in [0.717, 1.165) is 28.3 Å². The highest BCUT2D eigenvalue weighted by molar-refractivity contribution is 5.85. The van der Waals surface area contributed by atoms with Gasteiger partial charge in [-0.05, 0) is 29.8 Å². The van der Waals surface area contributed by atoms with Crippen molar-refractivity contribution in [3.63, 3.8) is 0 Å². The fraction of sp³-hybridized carbons (Fsp3) is 0.105. The molecule has 0 saturated heterocycles. The molecule has 0 aliphatic heterocycles. The minimum atomic E-state index is 0.381. The van der Waals surface area contributed by atoms with Gasteiger partial charge in [0.05, 0.1) is 13.7 Å². The molecule has 25 heavy (non-hydrogen) atoms. The van der Waals surface area contributed by atoms with E-state index in [2.05, 4.69) is 26.7 Å².